The summed E-state index contributed by atoms with van der Waals surface area (Å²) in [4.78, 5) is 9.74. The summed E-state index contributed by atoms with van der Waals surface area (Å²) in [6.45, 7) is 4.41. The van der Waals surface area contributed by atoms with E-state index in [9.17, 15) is 5.11 Å². The van der Waals surface area contributed by atoms with E-state index in [-0.39, 0.29) is 12.0 Å². The van der Waals surface area contributed by atoms with Crippen LogP contribution in [-0.4, -0.2) is 46.3 Å². The molecule has 2 aromatic rings. The zero-order valence-corrected chi connectivity index (χ0v) is 13.1. The van der Waals surface area contributed by atoms with Crippen LogP contribution in [0.15, 0.2) is 30.5 Å². The third-order valence-corrected chi connectivity index (χ3v) is 4.34. The molecule has 0 aliphatic carbocycles. The number of hydrogen-bond donors (Lipinski definition) is 2. The van der Waals surface area contributed by atoms with Crippen molar-refractivity contribution in [2.75, 3.05) is 20.2 Å². The van der Waals surface area contributed by atoms with Gasteiger partial charge in [0.25, 0.3) is 0 Å². The first-order valence-corrected chi connectivity index (χ1v) is 7.70. The third kappa shape index (κ3) is 3.31. The number of nitrogens with zero attached hydrogens (tertiary/aromatic N) is 2. The fourth-order valence-corrected chi connectivity index (χ4v) is 3.19. The van der Waals surface area contributed by atoms with E-state index >= 15 is 0 Å². The van der Waals surface area contributed by atoms with Crippen molar-refractivity contribution in [2.45, 2.75) is 31.9 Å². The highest BCUT2D eigenvalue weighted by Crippen LogP contribution is 2.30. The quantitative estimate of drug-likeness (QED) is 0.907. The first kappa shape index (κ1) is 15.1. The van der Waals surface area contributed by atoms with E-state index in [2.05, 4.69) is 20.9 Å². The molecule has 1 saturated heterocycles. The van der Waals surface area contributed by atoms with Gasteiger partial charge in [-0.15, -0.1) is 0 Å². The molecule has 118 valence electrons. The zero-order valence-electron chi connectivity index (χ0n) is 13.1. The fraction of sp³-hybridized carbons (Fsp3) is 0.471. The van der Waals surface area contributed by atoms with Crippen LogP contribution in [0.25, 0.3) is 0 Å². The lowest BCUT2D eigenvalue weighted by Gasteiger charge is -2.36. The minimum atomic E-state index is -0.357. The van der Waals surface area contributed by atoms with Crippen molar-refractivity contribution in [1.82, 2.24) is 14.9 Å². The number of H-pyrrole nitrogens is 1. The lowest BCUT2D eigenvalue weighted by Crippen LogP contribution is -2.42. The average Bonchev–Trinajstić information content (AvgIpc) is 2.92. The van der Waals surface area contributed by atoms with Gasteiger partial charge in [-0.05, 0) is 37.6 Å². The molecule has 0 radical (unpaired) electrons. The van der Waals surface area contributed by atoms with Gasteiger partial charge in [-0.1, -0.05) is 12.1 Å². The largest absolute Gasteiger partial charge is 0.497 e. The molecule has 5 heteroatoms. The second-order valence-corrected chi connectivity index (χ2v) is 5.97. The molecule has 5 nitrogen and oxygen atoms in total. The Kier molecular flexibility index (Phi) is 4.45. The van der Waals surface area contributed by atoms with Crippen LogP contribution in [0.1, 0.15) is 29.4 Å². The maximum Gasteiger partial charge on any atom is 0.119 e. The Morgan fingerprint density at radius 2 is 2.32 bits per heavy atom. The van der Waals surface area contributed by atoms with E-state index < -0.39 is 0 Å². The first-order chi connectivity index (χ1) is 10.7. The summed E-state index contributed by atoms with van der Waals surface area (Å²) in [6.07, 6.45) is 2.46. The summed E-state index contributed by atoms with van der Waals surface area (Å²) in [6, 6.07) is 8.03. The number of imidazole rings is 1. The summed E-state index contributed by atoms with van der Waals surface area (Å²) in [5.41, 5.74) is 2.26. The Hall–Kier alpha value is -1.85. The van der Waals surface area contributed by atoms with Gasteiger partial charge in [0.15, 0.2) is 0 Å². The van der Waals surface area contributed by atoms with Gasteiger partial charge in [-0.3, -0.25) is 4.90 Å². The van der Waals surface area contributed by atoms with Gasteiger partial charge < -0.3 is 14.8 Å². The Morgan fingerprint density at radius 1 is 1.45 bits per heavy atom. The number of likely N-dealkylation sites (tertiary alicyclic amines) is 1. The molecule has 22 heavy (non-hydrogen) atoms. The van der Waals surface area contributed by atoms with Crippen molar-refractivity contribution in [3.05, 3.63) is 47.5 Å². The topological polar surface area (TPSA) is 61.4 Å². The van der Waals surface area contributed by atoms with Crippen LogP contribution < -0.4 is 4.74 Å². The van der Waals surface area contributed by atoms with E-state index in [1.807, 2.05) is 31.3 Å². The highest BCUT2D eigenvalue weighted by Gasteiger charge is 2.29. The molecule has 0 spiro atoms. The van der Waals surface area contributed by atoms with Crippen molar-refractivity contribution in [3.8, 4) is 5.75 Å². The van der Waals surface area contributed by atoms with Gasteiger partial charge in [0.2, 0.25) is 0 Å². The molecule has 0 saturated carbocycles. The van der Waals surface area contributed by atoms with Crippen molar-refractivity contribution in [2.24, 2.45) is 0 Å². The third-order valence-electron chi connectivity index (χ3n) is 4.34. The van der Waals surface area contributed by atoms with Gasteiger partial charge in [-0.2, -0.15) is 0 Å². The van der Waals surface area contributed by atoms with Crippen LogP contribution in [0.3, 0.4) is 0 Å². The Morgan fingerprint density at radius 3 is 3.00 bits per heavy atom. The van der Waals surface area contributed by atoms with Crippen LogP contribution in [0.2, 0.25) is 0 Å². The van der Waals surface area contributed by atoms with Crippen molar-refractivity contribution < 1.29 is 9.84 Å². The van der Waals surface area contributed by atoms with Gasteiger partial charge >= 0.3 is 0 Å². The molecule has 1 aromatic heterocycles. The Bertz CT molecular complexity index is 626. The normalized spacial score (nSPS) is 22.7. The number of aliphatic hydroxyl groups is 1. The first-order valence-electron chi connectivity index (χ1n) is 7.70. The maximum absolute atomic E-state index is 10.5. The van der Waals surface area contributed by atoms with Crippen LogP contribution in [0.4, 0.5) is 0 Å². The number of aryl methyl sites for hydroxylation is 1. The summed E-state index contributed by atoms with van der Waals surface area (Å²) in [7, 11) is 1.67. The summed E-state index contributed by atoms with van der Waals surface area (Å²) in [5, 5.41) is 10.5. The van der Waals surface area contributed by atoms with Crippen LogP contribution in [0, 0.1) is 6.92 Å². The van der Waals surface area contributed by atoms with Gasteiger partial charge in [0.05, 0.1) is 13.2 Å². The summed E-state index contributed by atoms with van der Waals surface area (Å²) in [5.74, 6) is 1.96. The van der Waals surface area contributed by atoms with Crippen molar-refractivity contribution >= 4 is 0 Å². The second kappa shape index (κ2) is 6.50. The SMILES string of the molecule is COc1cccc([C@@H]2CCN(Cc3cnc(C)[nH]3)C[C@H]2O)c1. The highest BCUT2D eigenvalue weighted by molar-refractivity contribution is 5.31. The average molecular weight is 301 g/mol. The molecule has 1 aliphatic heterocycles. The minimum Gasteiger partial charge on any atom is -0.497 e. The number of aromatic amines is 1. The zero-order chi connectivity index (χ0) is 15.5. The molecular formula is C17H23N3O2. The molecular weight excluding hydrogens is 278 g/mol. The number of β-amino-alcohol motifs (C(OH)–C–C–N with tert-alkyl or cyclic N) is 1. The number of ether oxygens (including phenoxy) is 1. The number of nitrogens with one attached hydrogen (secondary N) is 1. The van der Waals surface area contributed by atoms with E-state index in [0.717, 1.165) is 42.3 Å². The second-order valence-electron chi connectivity index (χ2n) is 5.97. The molecule has 2 N–H and O–H groups in total. The van der Waals surface area contributed by atoms with E-state index in [1.165, 1.54) is 0 Å². The van der Waals surface area contributed by atoms with Gasteiger partial charge in [-0.25, -0.2) is 4.98 Å². The number of aliphatic hydroxyl groups excluding tert-OH is 1. The molecule has 2 atom stereocenters. The number of piperidine rings is 1. The number of hydrogen-bond acceptors (Lipinski definition) is 4. The number of aromatic nitrogens is 2. The lowest BCUT2D eigenvalue weighted by molar-refractivity contribution is 0.0471. The van der Waals surface area contributed by atoms with Gasteiger partial charge in [0, 0.05) is 30.9 Å². The molecule has 3 rings (SSSR count). The molecule has 2 heterocycles. The molecule has 0 amide bonds. The number of methoxy groups -OCH3 is 1. The standard InChI is InChI=1S/C17H23N3O2/c1-12-18-9-14(19-12)10-20-7-6-16(17(21)11-20)13-4-3-5-15(8-13)22-2/h3-5,8-9,16-17,21H,6-7,10-11H2,1-2H3,(H,18,19)/t16-,17+/m0/s1. The van der Waals surface area contributed by atoms with Crippen LogP contribution in [-0.2, 0) is 6.54 Å². The Labute approximate surface area is 130 Å². The molecule has 1 aliphatic rings. The number of benzene rings is 1. The van der Waals surface area contributed by atoms with Crippen molar-refractivity contribution in [1.29, 1.82) is 0 Å². The molecule has 0 unspecified atom stereocenters. The van der Waals surface area contributed by atoms with E-state index in [1.54, 1.807) is 7.11 Å². The van der Waals surface area contributed by atoms with Crippen LogP contribution in [0.5, 0.6) is 5.75 Å². The van der Waals surface area contributed by atoms with E-state index in [0.29, 0.717) is 6.54 Å². The predicted molar refractivity (Wildman–Crippen MR) is 85.0 cm³/mol. The summed E-state index contributed by atoms with van der Waals surface area (Å²) < 4.78 is 5.28. The molecule has 1 aromatic carbocycles. The lowest BCUT2D eigenvalue weighted by atomic mass is 9.87. The predicted octanol–water partition coefficient (Wildman–Crippen LogP) is 2.08. The number of rotatable bonds is 4. The monoisotopic (exact) mass is 301 g/mol. The molecule has 1 fully saturated rings. The van der Waals surface area contributed by atoms with Crippen molar-refractivity contribution in [3.63, 3.8) is 0 Å². The maximum atomic E-state index is 10.5. The highest BCUT2D eigenvalue weighted by atomic mass is 16.5. The van der Waals surface area contributed by atoms with E-state index in [4.69, 9.17) is 4.74 Å². The summed E-state index contributed by atoms with van der Waals surface area (Å²) >= 11 is 0. The van der Waals surface area contributed by atoms with Crippen LogP contribution >= 0.6 is 0 Å². The van der Waals surface area contributed by atoms with Gasteiger partial charge in [0.1, 0.15) is 11.6 Å². The minimum absolute atomic E-state index is 0.176. The smallest absolute Gasteiger partial charge is 0.119 e. The Balaban J connectivity index is 1.64. The fourth-order valence-electron chi connectivity index (χ4n) is 3.19. The molecule has 0 bridgehead atoms.